The molecule has 1 aromatic carbocycles. The first-order valence-corrected chi connectivity index (χ1v) is 2.91. The van der Waals surface area contributed by atoms with Gasteiger partial charge in [0, 0.05) is 14.1 Å². The van der Waals surface area contributed by atoms with Gasteiger partial charge in [-0.05, 0) is 0 Å². The van der Waals surface area contributed by atoms with E-state index < -0.39 is 10.9 Å². The van der Waals surface area contributed by atoms with Crippen molar-refractivity contribution in [1.82, 2.24) is 0 Å². The van der Waals surface area contributed by atoms with E-state index in [0.717, 1.165) is 0 Å². The molecular formula is C6H8N2O2. The van der Waals surface area contributed by atoms with E-state index in [9.17, 15) is 9.59 Å². The zero-order chi connectivity index (χ0) is 7.72. The number of rotatable bonds is 2. The molecule has 1 rings (SSSR count). The number of nitrogens with one attached hydrogen (secondary N) is 2. The van der Waals surface area contributed by atoms with Crippen LogP contribution in [-0.2, 0) is 0 Å². The van der Waals surface area contributed by atoms with Crippen molar-refractivity contribution in [3.63, 3.8) is 0 Å². The lowest BCUT2D eigenvalue weighted by atomic mass is 10.2. The summed E-state index contributed by atoms with van der Waals surface area (Å²) in [6.45, 7) is 0. The van der Waals surface area contributed by atoms with Crippen molar-refractivity contribution in [2.24, 2.45) is 0 Å². The molecule has 0 aliphatic rings. The van der Waals surface area contributed by atoms with Crippen molar-refractivity contribution in [3.8, 4) is 0 Å². The second-order valence-corrected chi connectivity index (χ2v) is 1.91. The molecular weight excluding hydrogens is 132 g/mol. The predicted octanol–water partition coefficient (Wildman–Crippen LogP) is -0.634. The zero-order valence-corrected chi connectivity index (χ0v) is 5.82. The van der Waals surface area contributed by atoms with Crippen LogP contribution in [0.5, 0.6) is 0 Å². The maximum atomic E-state index is 10.7. The van der Waals surface area contributed by atoms with Gasteiger partial charge in [-0.1, -0.05) is 0 Å². The Morgan fingerprint density at radius 2 is 1.20 bits per heavy atom. The Morgan fingerprint density at radius 1 is 0.900 bits per heavy atom. The highest BCUT2D eigenvalue weighted by molar-refractivity contribution is 5.73. The summed E-state index contributed by atoms with van der Waals surface area (Å²) in [5, 5.41) is 5.26. The van der Waals surface area contributed by atoms with Crippen LogP contribution < -0.4 is 21.5 Å². The normalized spacial score (nSPS) is 9.80. The second kappa shape index (κ2) is 2.13. The number of hydrogen-bond donors (Lipinski definition) is 2. The maximum Gasteiger partial charge on any atom is 0.253 e. The molecule has 0 saturated heterocycles. The Labute approximate surface area is 57.6 Å². The third-order valence-electron chi connectivity index (χ3n) is 1.41. The molecule has 0 spiro atoms. The molecule has 0 bridgehead atoms. The van der Waals surface area contributed by atoms with E-state index in [1.165, 1.54) is 0 Å². The van der Waals surface area contributed by atoms with Gasteiger partial charge in [0.25, 0.3) is 10.9 Å². The first kappa shape index (κ1) is 6.80. The van der Waals surface area contributed by atoms with Gasteiger partial charge in [0.15, 0.2) is 0 Å². The van der Waals surface area contributed by atoms with Crippen LogP contribution in [0.25, 0.3) is 0 Å². The molecule has 1 aromatic rings. The van der Waals surface area contributed by atoms with E-state index in [2.05, 4.69) is 10.6 Å². The zero-order valence-electron chi connectivity index (χ0n) is 5.82. The fourth-order valence-electron chi connectivity index (χ4n) is 0.869. The average molecular weight is 140 g/mol. The minimum Gasteiger partial charge on any atom is -0.383 e. The molecule has 2 N–H and O–H groups in total. The van der Waals surface area contributed by atoms with Crippen LogP contribution in [0.1, 0.15) is 0 Å². The summed E-state index contributed by atoms with van der Waals surface area (Å²) >= 11 is 0. The molecule has 0 saturated carbocycles. The highest BCUT2D eigenvalue weighted by atomic mass is 16.2. The summed E-state index contributed by atoms with van der Waals surface area (Å²) in [6.07, 6.45) is 0. The molecule has 0 radical (unpaired) electrons. The molecule has 0 unspecified atom stereocenters. The molecule has 0 aromatic heterocycles. The van der Waals surface area contributed by atoms with E-state index in [-0.39, 0.29) is 0 Å². The quantitative estimate of drug-likeness (QED) is 0.537. The van der Waals surface area contributed by atoms with Crippen LogP contribution in [-0.4, -0.2) is 14.1 Å². The SMILES string of the molecule is CNc1c(NC)c(=O)c1=O. The topological polar surface area (TPSA) is 58.2 Å². The van der Waals surface area contributed by atoms with Gasteiger partial charge in [0.1, 0.15) is 11.4 Å². The number of anilines is 2. The monoisotopic (exact) mass is 140 g/mol. The molecule has 10 heavy (non-hydrogen) atoms. The van der Waals surface area contributed by atoms with Gasteiger partial charge < -0.3 is 10.6 Å². The van der Waals surface area contributed by atoms with Crippen molar-refractivity contribution in [3.05, 3.63) is 20.4 Å². The van der Waals surface area contributed by atoms with Gasteiger partial charge in [-0.3, -0.25) is 9.59 Å². The van der Waals surface area contributed by atoms with Crippen molar-refractivity contribution >= 4 is 11.4 Å². The van der Waals surface area contributed by atoms with Crippen LogP contribution in [0, 0.1) is 0 Å². The molecule has 0 aliphatic carbocycles. The average Bonchev–Trinajstić information content (AvgIpc) is 1.97. The third kappa shape index (κ3) is 0.618. The molecule has 0 amide bonds. The Balaban J connectivity index is 3.16. The molecule has 0 atom stereocenters. The van der Waals surface area contributed by atoms with Crippen LogP contribution in [0.4, 0.5) is 11.4 Å². The van der Waals surface area contributed by atoms with Crippen LogP contribution in [0.2, 0.25) is 0 Å². The molecule has 4 heteroatoms. The van der Waals surface area contributed by atoms with Crippen molar-refractivity contribution in [2.75, 3.05) is 24.7 Å². The van der Waals surface area contributed by atoms with E-state index in [1.54, 1.807) is 14.1 Å². The fourth-order valence-corrected chi connectivity index (χ4v) is 0.869. The summed E-state index contributed by atoms with van der Waals surface area (Å²) in [4.78, 5) is 21.3. The smallest absolute Gasteiger partial charge is 0.253 e. The van der Waals surface area contributed by atoms with E-state index in [4.69, 9.17) is 0 Å². The van der Waals surface area contributed by atoms with Crippen LogP contribution in [0.3, 0.4) is 0 Å². The van der Waals surface area contributed by atoms with E-state index in [0.29, 0.717) is 11.4 Å². The first-order chi connectivity index (χ1) is 4.72. The van der Waals surface area contributed by atoms with E-state index >= 15 is 0 Å². The van der Waals surface area contributed by atoms with Crippen molar-refractivity contribution < 1.29 is 0 Å². The molecule has 4 nitrogen and oxygen atoms in total. The molecule has 0 fully saturated rings. The summed E-state index contributed by atoms with van der Waals surface area (Å²) in [7, 11) is 3.22. The highest BCUT2D eigenvalue weighted by Gasteiger charge is 2.17. The van der Waals surface area contributed by atoms with Gasteiger partial charge in [-0.2, -0.15) is 0 Å². The first-order valence-electron chi connectivity index (χ1n) is 2.91. The minimum absolute atomic E-state index is 0.382. The predicted molar refractivity (Wildman–Crippen MR) is 40.4 cm³/mol. The van der Waals surface area contributed by atoms with Gasteiger partial charge in [0.2, 0.25) is 0 Å². The minimum atomic E-state index is -0.438. The lowest BCUT2D eigenvalue weighted by Gasteiger charge is -2.07. The lowest BCUT2D eigenvalue weighted by molar-refractivity contribution is 1.32. The third-order valence-corrected chi connectivity index (χ3v) is 1.41. The number of hydrogen-bond acceptors (Lipinski definition) is 4. The van der Waals surface area contributed by atoms with Gasteiger partial charge >= 0.3 is 0 Å². The molecule has 0 heterocycles. The molecule has 0 aliphatic heterocycles. The Kier molecular flexibility index (Phi) is 1.45. The van der Waals surface area contributed by atoms with Gasteiger partial charge in [0.05, 0.1) is 0 Å². The largest absolute Gasteiger partial charge is 0.383 e. The Morgan fingerprint density at radius 3 is 1.40 bits per heavy atom. The Bertz CT molecular complexity index is 277. The Hall–Kier alpha value is -1.32. The van der Waals surface area contributed by atoms with Crippen molar-refractivity contribution in [2.45, 2.75) is 0 Å². The summed E-state index contributed by atoms with van der Waals surface area (Å²) < 4.78 is 0. The van der Waals surface area contributed by atoms with Gasteiger partial charge in [-0.15, -0.1) is 0 Å². The van der Waals surface area contributed by atoms with Gasteiger partial charge in [-0.25, -0.2) is 0 Å². The summed E-state index contributed by atoms with van der Waals surface area (Å²) in [6, 6.07) is 0. The molecule has 54 valence electrons. The highest BCUT2D eigenvalue weighted by Crippen LogP contribution is 2.10. The van der Waals surface area contributed by atoms with E-state index in [1.807, 2.05) is 0 Å². The fraction of sp³-hybridized carbons (Fsp3) is 0.333. The summed E-state index contributed by atoms with van der Waals surface area (Å²) in [5.74, 6) is 0. The van der Waals surface area contributed by atoms with Crippen LogP contribution in [0.15, 0.2) is 9.59 Å². The standard InChI is InChI=1S/C6H8N2O2/c1-7-3-4(8-2)6(10)5(3)9/h7-8H,1-2H3. The summed E-state index contributed by atoms with van der Waals surface area (Å²) in [5.41, 5.74) is -0.112. The second-order valence-electron chi connectivity index (χ2n) is 1.91. The lowest BCUT2D eigenvalue weighted by Crippen LogP contribution is -2.35. The van der Waals surface area contributed by atoms with Crippen LogP contribution >= 0.6 is 0 Å². The van der Waals surface area contributed by atoms with Crippen molar-refractivity contribution in [1.29, 1.82) is 0 Å². The maximum absolute atomic E-state index is 10.7.